The second-order valence-corrected chi connectivity index (χ2v) is 5.72. The molecule has 20 heavy (non-hydrogen) atoms. The molecule has 0 aliphatic carbocycles. The van der Waals surface area contributed by atoms with E-state index in [0.29, 0.717) is 5.75 Å². The number of unbranched alkanes of at least 4 members (excludes halogenated alkanes) is 9. The van der Waals surface area contributed by atoms with Gasteiger partial charge in [-0.1, -0.05) is 75.8 Å². The third kappa shape index (κ3) is 36.3. The second kappa shape index (κ2) is 21.9. The van der Waals surface area contributed by atoms with Crippen LogP contribution in [0, 0.1) is 0 Å². The Morgan fingerprint density at radius 3 is 1.55 bits per heavy atom. The van der Waals surface area contributed by atoms with Crippen LogP contribution in [0.25, 0.3) is 0 Å². The van der Waals surface area contributed by atoms with E-state index in [1.54, 1.807) is 0 Å². The SMILES string of the molecule is CC(=O)O.CCCCCCCCCCCCS(=O)[O-].[Na+]. The first-order chi connectivity index (χ1) is 9.00. The Morgan fingerprint density at radius 1 is 0.950 bits per heavy atom. The van der Waals surface area contributed by atoms with Crippen LogP contribution in [0.4, 0.5) is 0 Å². The predicted molar refractivity (Wildman–Crippen MR) is 78.9 cm³/mol. The summed E-state index contributed by atoms with van der Waals surface area (Å²) in [4.78, 5) is 9.00. The zero-order chi connectivity index (χ0) is 14.9. The molecule has 0 bridgehead atoms. The van der Waals surface area contributed by atoms with E-state index in [2.05, 4.69) is 6.92 Å². The molecule has 0 aromatic heterocycles. The molecular weight excluding hydrogens is 287 g/mol. The average Bonchev–Trinajstić information content (AvgIpc) is 2.30. The smallest absolute Gasteiger partial charge is 0.772 e. The molecule has 0 saturated heterocycles. The molecule has 0 saturated carbocycles. The summed E-state index contributed by atoms with van der Waals surface area (Å²) >= 11 is -1.83. The molecule has 0 aromatic carbocycles. The second-order valence-electron chi connectivity index (χ2n) is 4.71. The minimum Gasteiger partial charge on any atom is -0.772 e. The van der Waals surface area contributed by atoms with Crippen LogP contribution >= 0.6 is 0 Å². The number of carboxylic acids is 1. The normalized spacial score (nSPS) is 10.9. The van der Waals surface area contributed by atoms with Gasteiger partial charge in [0.15, 0.2) is 0 Å². The maximum absolute atomic E-state index is 10.2. The monoisotopic (exact) mass is 316 g/mol. The molecule has 0 heterocycles. The van der Waals surface area contributed by atoms with Crippen molar-refractivity contribution >= 4 is 17.0 Å². The number of carboxylic acid groups (broad SMARTS) is 1. The summed E-state index contributed by atoms with van der Waals surface area (Å²) < 4.78 is 20.5. The maximum atomic E-state index is 10.2. The first kappa shape index (κ1) is 25.5. The number of hydrogen-bond donors (Lipinski definition) is 1. The molecule has 6 heteroatoms. The van der Waals surface area contributed by atoms with Gasteiger partial charge >= 0.3 is 29.6 Å². The molecule has 1 unspecified atom stereocenters. The van der Waals surface area contributed by atoms with Crippen molar-refractivity contribution in [1.29, 1.82) is 0 Å². The molecule has 116 valence electrons. The Bertz CT molecular complexity index is 221. The molecular formula is C14H29NaO4S. The summed E-state index contributed by atoms with van der Waals surface area (Å²) in [5, 5.41) is 7.42. The fourth-order valence-corrected chi connectivity index (χ4v) is 2.15. The largest absolute Gasteiger partial charge is 1.00 e. The zero-order valence-electron chi connectivity index (χ0n) is 13.4. The van der Waals surface area contributed by atoms with E-state index in [1.165, 1.54) is 51.4 Å². The summed E-state index contributed by atoms with van der Waals surface area (Å²) in [6, 6.07) is 0. The van der Waals surface area contributed by atoms with Gasteiger partial charge < -0.3 is 9.66 Å². The van der Waals surface area contributed by atoms with Gasteiger partial charge in [0.1, 0.15) is 0 Å². The average molecular weight is 316 g/mol. The van der Waals surface area contributed by atoms with E-state index >= 15 is 0 Å². The van der Waals surface area contributed by atoms with Crippen molar-refractivity contribution < 1.29 is 48.2 Å². The molecule has 0 amide bonds. The molecule has 1 atom stereocenters. The van der Waals surface area contributed by atoms with Crippen molar-refractivity contribution in [3.8, 4) is 0 Å². The predicted octanol–water partition coefficient (Wildman–Crippen LogP) is 0.881. The first-order valence-corrected chi connectivity index (χ1v) is 8.50. The number of aliphatic carboxylic acids is 1. The van der Waals surface area contributed by atoms with E-state index in [-0.39, 0.29) is 29.6 Å². The summed E-state index contributed by atoms with van der Waals surface area (Å²) in [6.45, 7) is 3.32. The van der Waals surface area contributed by atoms with Crippen molar-refractivity contribution in [2.45, 2.75) is 78.1 Å². The molecule has 4 nitrogen and oxygen atoms in total. The third-order valence-corrected chi connectivity index (χ3v) is 3.29. The van der Waals surface area contributed by atoms with Gasteiger partial charge in [-0.15, -0.1) is 0 Å². The van der Waals surface area contributed by atoms with Crippen LogP contribution in [0.2, 0.25) is 0 Å². The molecule has 0 spiro atoms. The standard InChI is InChI=1S/C12H26O2S.C2H4O2.Na/c1-2-3-4-5-6-7-8-9-10-11-12-15(13)14;1-2(3)4;/h2-12H2,1H3,(H,13,14);1H3,(H,3,4);/q;;+1/p-1. The fourth-order valence-electron chi connectivity index (χ4n) is 1.71. The van der Waals surface area contributed by atoms with Crippen LogP contribution in [-0.4, -0.2) is 25.6 Å². The summed E-state index contributed by atoms with van der Waals surface area (Å²) in [7, 11) is 0. The number of hydrogen-bond acceptors (Lipinski definition) is 3. The van der Waals surface area contributed by atoms with E-state index < -0.39 is 17.0 Å². The van der Waals surface area contributed by atoms with Crippen LogP contribution < -0.4 is 29.6 Å². The van der Waals surface area contributed by atoms with Crippen LogP contribution in [-0.2, 0) is 15.9 Å². The third-order valence-electron chi connectivity index (χ3n) is 2.66. The van der Waals surface area contributed by atoms with Gasteiger partial charge in [0.05, 0.1) is 0 Å². The Hall–Kier alpha value is 0.580. The minimum absolute atomic E-state index is 0. The van der Waals surface area contributed by atoms with Crippen molar-refractivity contribution in [1.82, 2.24) is 0 Å². The summed E-state index contributed by atoms with van der Waals surface area (Å²) in [6.07, 6.45) is 12.5. The molecule has 0 aromatic rings. The Balaban J connectivity index is -0.000000508. The minimum atomic E-state index is -1.83. The molecule has 0 rings (SSSR count). The number of carbonyl (C=O) groups is 1. The summed E-state index contributed by atoms with van der Waals surface area (Å²) in [5.74, 6) is -0.490. The number of rotatable bonds is 11. The van der Waals surface area contributed by atoms with Crippen molar-refractivity contribution in [2.24, 2.45) is 0 Å². The van der Waals surface area contributed by atoms with Gasteiger partial charge in [0, 0.05) is 12.7 Å². The Kier molecular flexibility index (Phi) is 27.9. The first-order valence-electron chi connectivity index (χ1n) is 7.26. The molecule has 0 aliphatic rings. The van der Waals surface area contributed by atoms with Gasteiger partial charge in [0.2, 0.25) is 0 Å². The molecule has 1 N–H and O–H groups in total. The molecule has 0 aliphatic heterocycles. The van der Waals surface area contributed by atoms with Crippen molar-refractivity contribution in [3.63, 3.8) is 0 Å². The molecule has 0 fully saturated rings. The van der Waals surface area contributed by atoms with Crippen LogP contribution in [0.5, 0.6) is 0 Å². The van der Waals surface area contributed by atoms with E-state index in [4.69, 9.17) is 9.90 Å². The topological polar surface area (TPSA) is 77.4 Å². The van der Waals surface area contributed by atoms with Gasteiger partial charge in [-0.05, 0) is 6.42 Å². The van der Waals surface area contributed by atoms with Gasteiger partial charge in [-0.25, -0.2) is 0 Å². The molecule has 0 radical (unpaired) electrons. The van der Waals surface area contributed by atoms with Crippen molar-refractivity contribution in [3.05, 3.63) is 0 Å². The maximum Gasteiger partial charge on any atom is 1.00 e. The fraction of sp³-hybridized carbons (Fsp3) is 0.929. The quantitative estimate of drug-likeness (QED) is 0.349. The van der Waals surface area contributed by atoms with Gasteiger partial charge in [-0.3, -0.25) is 9.00 Å². The Morgan fingerprint density at radius 2 is 1.25 bits per heavy atom. The zero-order valence-corrected chi connectivity index (χ0v) is 16.2. The van der Waals surface area contributed by atoms with Crippen LogP contribution in [0.1, 0.15) is 78.1 Å². The Labute approximate surface area is 148 Å². The van der Waals surface area contributed by atoms with E-state index in [0.717, 1.165) is 19.8 Å². The van der Waals surface area contributed by atoms with Gasteiger partial charge in [0.25, 0.3) is 5.97 Å². The van der Waals surface area contributed by atoms with Crippen LogP contribution in [0.3, 0.4) is 0 Å². The van der Waals surface area contributed by atoms with Crippen LogP contribution in [0.15, 0.2) is 0 Å². The van der Waals surface area contributed by atoms with Gasteiger partial charge in [-0.2, -0.15) is 0 Å². The van der Waals surface area contributed by atoms with Crippen molar-refractivity contribution in [2.75, 3.05) is 5.75 Å². The summed E-state index contributed by atoms with van der Waals surface area (Å²) in [5.41, 5.74) is 0. The van der Waals surface area contributed by atoms with E-state index in [1.807, 2.05) is 0 Å². The van der Waals surface area contributed by atoms with E-state index in [9.17, 15) is 8.76 Å².